The molecule has 0 aromatic heterocycles. The summed E-state index contributed by atoms with van der Waals surface area (Å²) in [6, 6.07) is 2.16. The maximum Gasteiger partial charge on any atom is 0.419 e. The molecule has 1 aliphatic carbocycles. The molecule has 0 heterocycles. The van der Waals surface area contributed by atoms with Crippen LogP contribution in [0.1, 0.15) is 18.4 Å². The molecule has 0 bridgehead atoms. The number of alkyl halides is 3. The van der Waals surface area contributed by atoms with Gasteiger partial charge in [0.05, 0.1) is 12.7 Å². The maximum atomic E-state index is 13.9. The molecular formula is C14H10F6O. The molecule has 114 valence electrons. The van der Waals surface area contributed by atoms with Crippen molar-refractivity contribution in [1.82, 2.24) is 0 Å². The third-order valence-electron chi connectivity index (χ3n) is 3.15. The van der Waals surface area contributed by atoms with Gasteiger partial charge in [0, 0.05) is 18.1 Å². The van der Waals surface area contributed by atoms with Crippen molar-refractivity contribution < 1.29 is 31.1 Å². The van der Waals surface area contributed by atoms with Crippen LogP contribution < -0.4 is 0 Å². The quantitative estimate of drug-likeness (QED) is 0.706. The first-order valence-electron chi connectivity index (χ1n) is 5.94. The molecule has 0 saturated carbocycles. The van der Waals surface area contributed by atoms with Gasteiger partial charge in [0.1, 0.15) is 17.4 Å². The van der Waals surface area contributed by atoms with E-state index in [1.165, 1.54) is 0 Å². The first-order chi connectivity index (χ1) is 9.75. The number of halogens is 6. The van der Waals surface area contributed by atoms with Gasteiger partial charge in [-0.2, -0.15) is 13.2 Å². The van der Waals surface area contributed by atoms with Gasteiger partial charge in [0.15, 0.2) is 5.83 Å². The van der Waals surface area contributed by atoms with Crippen LogP contribution in [0.15, 0.2) is 35.4 Å². The van der Waals surface area contributed by atoms with Gasteiger partial charge >= 0.3 is 6.18 Å². The van der Waals surface area contributed by atoms with Crippen molar-refractivity contribution in [2.45, 2.75) is 19.0 Å². The summed E-state index contributed by atoms with van der Waals surface area (Å²) in [7, 11) is 1.06. The van der Waals surface area contributed by atoms with E-state index in [9.17, 15) is 26.3 Å². The predicted molar refractivity (Wildman–Crippen MR) is 63.7 cm³/mol. The van der Waals surface area contributed by atoms with Crippen molar-refractivity contribution in [3.05, 3.63) is 52.6 Å². The fraction of sp³-hybridized carbons (Fsp3) is 0.286. The zero-order valence-corrected chi connectivity index (χ0v) is 10.8. The van der Waals surface area contributed by atoms with E-state index in [0.717, 1.165) is 19.2 Å². The molecule has 0 amide bonds. The van der Waals surface area contributed by atoms with Crippen molar-refractivity contribution in [2.24, 2.45) is 0 Å². The van der Waals surface area contributed by atoms with Crippen LogP contribution in [-0.4, -0.2) is 13.3 Å². The molecule has 0 N–H and O–H groups in total. The van der Waals surface area contributed by atoms with Crippen molar-refractivity contribution in [2.75, 3.05) is 7.11 Å². The number of rotatable bonds is 2. The molecule has 0 fully saturated rings. The van der Waals surface area contributed by atoms with E-state index in [2.05, 4.69) is 4.74 Å². The second-order valence-electron chi connectivity index (χ2n) is 4.42. The number of ether oxygens (including phenoxy) is 1. The van der Waals surface area contributed by atoms with Gasteiger partial charge in [-0.3, -0.25) is 0 Å². The van der Waals surface area contributed by atoms with E-state index in [4.69, 9.17) is 0 Å². The maximum absolute atomic E-state index is 13.9. The highest BCUT2D eigenvalue weighted by atomic mass is 19.4. The molecule has 7 heteroatoms. The summed E-state index contributed by atoms with van der Waals surface area (Å²) >= 11 is 0. The smallest absolute Gasteiger partial charge is 0.419 e. The van der Waals surface area contributed by atoms with Gasteiger partial charge in [-0.1, -0.05) is 0 Å². The molecule has 0 radical (unpaired) electrons. The van der Waals surface area contributed by atoms with Crippen LogP contribution in [0, 0.1) is 11.6 Å². The van der Waals surface area contributed by atoms with Gasteiger partial charge < -0.3 is 4.74 Å². The van der Waals surface area contributed by atoms with E-state index in [0.29, 0.717) is 6.07 Å². The van der Waals surface area contributed by atoms with Crippen molar-refractivity contribution >= 4 is 5.57 Å². The molecule has 0 atom stereocenters. The topological polar surface area (TPSA) is 9.23 Å². The summed E-state index contributed by atoms with van der Waals surface area (Å²) < 4.78 is 84.3. The Hall–Kier alpha value is -1.92. The Morgan fingerprint density at radius 2 is 1.71 bits per heavy atom. The summed E-state index contributed by atoms with van der Waals surface area (Å²) in [6.45, 7) is 0. The van der Waals surface area contributed by atoms with Crippen LogP contribution in [0.4, 0.5) is 26.3 Å². The number of allylic oxidation sites excluding steroid dienone is 4. The molecule has 1 aromatic rings. The lowest BCUT2D eigenvalue weighted by Crippen LogP contribution is -2.19. The molecule has 0 spiro atoms. The molecule has 21 heavy (non-hydrogen) atoms. The van der Waals surface area contributed by atoms with Gasteiger partial charge in [-0.05, 0) is 24.1 Å². The summed E-state index contributed by atoms with van der Waals surface area (Å²) in [5.74, 6) is -4.08. The van der Waals surface area contributed by atoms with E-state index >= 15 is 0 Å². The lowest BCUT2D eigenvalue weighted by molar-refractivity contribution is -0.0915. The van der Waals surface area contributed by atoms with Gasteiger partial charge in [-0.25, -0.2) is 13.2 Å². The second-order valence-corrected chi connectivity index (χ2v) is 4.42. The molecule has 1 aromatic carbocycles. The Bertz CT molecular complexity index is 627. The summed E-state index contributed by atoms with van der Waals surface area (Å²) in [6.07, 6.45) is -5.40. The van der Waals surface area contributed by atoms with Crippen LogP contribution in [0.25, 0.3) is 5.57 Å². The van der Waals surface area contributed by atoms with E-state index in [1.54, 1.807) is 0 Å². The van der Waals surface area contributed by atoms with E-state index < -0.39 is 46.1 Å². The Morgan fingerprint density at radius 3 is 2.24 bits per heavy atom. The minimum Gasteiger partial charge on any atom is -0.498 e. The third-order valence-corrected chi connectivity index (χ3v) is 3.15. The highest BCUT2D eigenvalue weighted by Gasteiger charge is 2.43. The van der Waals surface area contributed by atoms with Crippen LogP contribution in [-0.2, 0) is 4.74 Å². The Kier molecular flexibility index (Phi) is 4.02. The Morgan fingerprint density at radius 1 is 1.05 bits per heavy atom. The molecular weight excluding hydrogens is 298 g/mol. The third kappa shape index (κ3) is 2.91. The molecule has 2 rings (SSSR count). The van der Waals surface area contributed by atoms with Crippen molar-refractivity contribution in [3.8, 4) is 0 Å². The van der Waals surface area contributed by atoms with Gasteiger partial charge in [0.25, 0.3) is 0 Å². The fourth-order valence-electron chi connectivity index (χ4n) is 2.24. The lowest BCUT2D eigenvalue weighted by Gasteiger charge is -2.23. The van der Waals surface area contributed by atoms with Gasteiger partial charge in [0.2, 0.25) is 0 Å². The monoisotopic (exact) mass is 308 g/mol. The SMILES string of the molecule is COC1=C(F)C(C(F)(F)F)=C(c2ccc(F)cc2F)CC1. The average molecular weight is 308 g/mol. The largest absolute Gasteiger partial charge is 0.498 e. The first-order valence-corrected chi connectivity index (χ1v) is 5.94. The minimum atomic E-state index is -5.01. The lowest BCUT2D eigenvalue weighted by atomic mass is 9.89. The van der Waals surface area contributed by atoms with Crippen LogP contribution in [0.5, 0.6) is 0 Å². The zero-order chi connectivity index (χ0) is 15.8. The second kappa shape index (κ2) is 5.46. The van der Waals surface area contributed by atoms with Crippen LogP contribution in [0.2, 0.25) is 0 Å². The highest BCUT2D eigenvalue weighted by molar-refractivity contribution is 5.75. The normalized spacial score (nSPS) is 16.5. The molecule has 1 aliphatic rings. The number of hydrogen-bond acceptors (Lipinski definition) is 1. The number of methoxy groups -OCH3 is 1. The number of benzene rings is 1. The zero-order valence-electron chi connectivity index (χ0n) is 10.8. The first kappa shape index (κ1) is 15.5. The summed E-state index contributed by atoms with van der Waals surface area (Å²) in [5.41, 5.74) is -2.58. The fourth-order valence-corrected chi connectivity index (χ4v) is 2.24. The molecule has 0 saturated heterocycles. The highest BCUT2D eigenvalue weighted by Crippen LogP contribution is 2.45. The predicted octanol–water partition coefficient (Wildman–Crippen LogP) is 4.90. The van der Waals surface area contributed by atoms with Crippen LogP contribution >= 0.6 is 0 Å². The molecule has 0 aliphatic heterocycles. The van der Waals surface area contributed by atoms with Crippen LogP contribution in [0.3, 0.4) is 0 Å². The average Bonchev–Trinajstić information content (AvgIpc) is 2.37. The summed E-state index contributed by atoms with van der Waals surface area (Å²) in [4.78, 5) is 0. The minimum absolute atomic E-state index is 0.131. The van der Waals surface area contributed by atoms with E-state index in [-0.39, 0.29) is 12.8 Å². The molecule has 1 nitrogen and oxygen atoms in total. The Balaban J connectivity index is 2.70. The summed E-state index contributed by atoms with van der Waals surface area (Å²) in [5, 5.41) is 0. The standard InChI is InChI=1S/C14H10F6O/c1-21-11-5-4-9(12(13(11)17)14(18,19)20)8-3-2-7(15)6-10(8)16/h2-3,6H,4-5H2,1H3. The van der Waals surface area contributed by atoms with Gasteiger partial charge in [-0.15, -0.1) is 0 Å². The van der Waals surface area contributed by atoms with Crippen molar-refractivity contribution in [3.63, 3.8) is 0 Å². The Labute approximate surface area is 116 Å². The van der Waals surface area contributed by atoms with Crippen molar-refractivity contribution in [1.29, 1.82) is 0 Å². The number of hydrogen-bond donors (Lipinski definition) is 0. The molecule has 0 unspecified atom stereocenters. The van der Waals surface area contributed by atoms with E-state index in [1.807, 2.05) is 0 Å².